The molecule has 0 bridgehead atoms. The molecule has 98 valence electrons. The molecule has 1 aromatic heterocycles. The van der Waals surface area contributed by atoms with Crippen molar-refractivity contribution in [1.29, 1.82) is 0 Å². The summed E-state index contributed by atoms with van der Waals surface area (Å²) in [5, 5.41) is 11.7. The average molecular weight is 337 g/mol. The van der Waals surface area contributed by atoms with Gasteiger partial charge in [0.15, 0.2) is 0 Å². The molecule has 1 aromatic carbocycles. The van der Waals surface area contributed by atoms with Crippen molar-refractivity contribution < 1.29 is 9.90 Å². The van der Waals surface area contributed by atoms with Gasteiger partial charge >= 0.3 is 5.97 Å². The van der Waals surface area contributed by atoms with E-state index >= 15 is 0 Å². The Hall–Kier alpha value is -1.13. The molecule has 1 heterocycles. The molecule has 0 amide bonds. The number of halogens is 1. The molecule has 2 aromatic rings. The SMILES string of the molecule is C[C@]1(C(=O)O)Cc2scc(Br)c2[C@H]1c1ccccc1. The van der Waals surface area contributed by atoms with Crippen molar-refractivity contribution in [2.45, 2.75) is 19.3 Å². The Labute approximate surface area is 124 Å². The summed E-state index contributed by atoms with van der Waals surface area (Å²) in [5.74, 6) is -0.807. The molecule has 4 heteroatoms. The lowest BCUT2D eigenvalue weighted by atomic mass is 9.74. The van der Waals surface area contributed by atoms with Crippen LogP contribution >= 0.6 is 27.3 Å². The predicted molar refractivity (Wildman–Crippen MR) is 79.8 cm³/mol. The Morgan fingerprint density at radius 3 is 2.74 bits per heavy atom. The van der Waals surface area contributed by atoms with E-state index in [1.807, 2.05) is 37.3 Å². The fourth-order valence-electron chi connectivity index (χ4n) is 2.95. The summed E-state index contributed by atoms with van der Waals surface area (Å²) < 4.78 is 1.03. The van der Waals surface area contributed by atoms with Crippen LogP contribution in [0.1, 0.15) is 28.8 Å². The van der Waals surface area contributed by atoms with Crippen LogP contribution in [0.25, 0.3) is 0 Å². The summed E-state index contributed by atoms with van der Waals surface area (Å²) in [6, 6.07) is 9.93. The molecule has 0 radical (unpaired) electrons. The van der Waals surface area contributed by atoms with Crippen LogP contribution in [-0.4, -0.2) is 11.1 Å². The molecular formula is C15H13BrO2S. The minimum Gasteiger partial charge on any atom is -0.481 e. The summed E-state index contributed by atoms with van der Waals surface area (Å²) in [6.45, 7) is 1.85. The van der Waals surface area contributed by atoms with Gasteiger partial charge in [-0.3, -0.25) is 4.79 Å². The van der Waals surface area contributed by atoms with Crippen molar-refractivity contribution in [2.24, 2.45) is 5.41 Å². The van der Waals surface area contributed by atoms with Gasteiger partial charge in [0.1, 0.15) is 0 Å². The second-order valence-corrected chi connectivity index (χ2v) is 6.98. The third-order valence-corrected chi connectivity index (χ3v) is 5.90. The highest BCUT2D eigenvalue weighted by molar-refractivity contribution is 9.10. The Balaban J connectivity index is 2.21. The van der Waals surface area contributed by atoms with Crippen LogP contribution < -0.4 is 0 Å². The van der Waals surface area contributed by atoms with E-state index in [-0.39, 0.29) is 5.92 Å². The summed E-state index contributed by atoms with van der Waals surface area (Å²) in [6.07, 6.45) is 0.605. The van der Waals surface area contributed by atoms with Gasteiger partial charge in [0.2, 0.25) is 0 Å². The van der Waals surface area contributed by atoms with Gasteiger partial charge in [-0.25, -0.2) is 0 Å². The molecule has 0 unspecified atom stereocenters. The molecule has 0 saturated carbocycles. The average Bonchev–Trinajstić information content (AvgIpc) is 2.88. The minimum absolute atomic E-state index is 0.0816. The quantitative estimate of drug-likeness (QED) is 0.888. The number of benzene rings is 1. The topological polar surface area (TPSA) is 37.3 Å². The monoisotopic (exact) mass is 336 g/mol. The number of hydrogen-bond acceptors (Lipinski definition) is 2. The van der Waals surface area contributed by atoms with E-state index in [9.17, 15) is 9.90 Å². The number of thiophene rings is 1. The van der Waals surface area contributed by atoms with Crippen molar-refractivity contribution in [1.82, 2.24) is 0 Å². The zero-order valence-electron chi connectivity index (χ0n) is 10.4. The lowest BCUT2D eigenvalue weighted by molar-refractivity contribution is -0.148. The number of aliphatic carboxylic acids is 1. The van der Waals surface area contributed by atoms with Crippen molar-refractivity contribution in [2.75, 3.05) is 0 Å². The first kappa shape index (κ1) is 12.9. The number of hydrogen-bond donors (Lipinski definition) is 1. The molecule has 0 spiro atoms. The van der Waals surface area contributed by atoms with Crippen molar-refractivity contribution in [3.63, 3.8) is 0 Å². The third kappa shape index (κ3) is 1.85. The van der Waals surface area contributed by atoms with Crippen LogP contribution in [0, 0.1) is 5.41 Å². The van der Waals surface area contributed by atoms with E-state index < -0.39 is 11.4 Å². The van der Waals surface area contributed by atoms with Gasteiger partial charge in [-0.15, -0.1) is 11.3 Å². The molecular weight excluding hydrogens is 324 g/mol. The predicted octanol–water partition coefficient (Wildman–Crippen LogP) is 4.29. The maximum absolute atomic E-state index is 11.8. The lowest BCUT2D eigenvalue weighted by Crippen LogP contribution is -2.32. The first-order valence-electron chi connectivity index (χ1n) is 6.08. The molecule has 0 saturated heterocycles. The summed E-state index contributed by atoms with van der Waals surface area (Å²) in [7, 11) is 0. The molecule has 2 atom stereocenters. The number of carbonyl (C=O) groups is 1. The van der Waals surface area contributed by atoms with Crippen molar-refractivity contribution >= 4 is 33.2 Å². The maximum Gasteiger partial charge on any atom is 0.310 e. The summed E-state index contributed by atoms with van der Waals surface area (Å²) in [4.78, 5) is 13.0. The Morgan fingerprint density at radius 1 is 1.42 bits per heavy atom. The van der Waals surface area contributed by atoms with Gasteiger partial charge in [-0.1, -0.05) is 30.3 Å². The van der Waals surface area contributed by atoms with Crippen LogP contribution in [0.3, 0.4) is 0 Å². The number of rotatable bonds is 2. The first-order valence-corrected chi connectivity index (χ1v) is 7.75. The van der Waals surface area contributed by atoms with Crippen molar-refractivity contribution in [3.05, 3.63) is 56.2 Å². The highest BCUT2D eigenvalue weighted by Gasteiger charge is 2.50. The van der Waals surface area contributed by atoms with Gasteiger partial charge in [0.25, 0.3) is 0 Å². The number of carboxylic acids is 1. The van der Waals surface area contributed by atoms with Crippen LogP contribution in [0.2, 0.25) is 0 Å². The second-order valence-electron chi connectivity index (χ2n) is 5.16. The van der Waals surface area contributed by atoms with Crippen LogP contribution in [0.4, 0.5) is 0 Å². The van der Waals surface area contributed by atoms with E-state index in [1.54, 1.807) is 11.3 Å². The fourth-order valence-corrected chi connectivity index (χ4v) is 4.94. The molecule has 1 N–H and O–H groups in total. The molecule has 19 heavy (non-hydrogen) atoms. The molecule has 1 aliphatic carbocycles. The largest absolute Gasteiger partial charge is 0.481 e. The van der Waals surface area contributed by atoms with Gasteiger partial charge in [-0.2, -0.15) is 0 Å². The van der Waals surface area contributed by atoms with E-state index in [2.05, 4.69) is 21.3 Å². The number of carboxylic acid groups (broad SMARTS) is 1. The summed E-state index contributed by atoms with van der Waals surface area (Å²) in [5.41, 5.74) is 1.47. The van der Waals surface area contributed by atoms with E-state index in [0.717, 1.165) is 15.6 Å². The van der Waals surface area contributed by atoms with Gasteiger partial charge in [-0.05, 0) is 40.4 Å². The van der Waals surface area contributed by atoms with Crippen molar-refractivity contribution in [3.8, 4) is 0 Å². The molecule has 1 aliphatic rings. The van der Waals surface area contributed by atoms with E-state index in [1.165, 1.54) is 4.88 Å². The Bertz CT molecular complexity index is 635. The normalized spacial score (nSPS) is 25.3. The first-order chi connectivity index (χ1) is 9.04. The molecule has 0 fully saturated rings. The highest BCUT2D eigenvalue weighted by atomic mass is 79.9. The van der Waals surface area contributed by atoms with E-state index in [0.29, 0.717) is 6.42 Å². The zero-order chi connectivity index (χ0) is 13.6. The fraction of sp³-hybridized carbons (Fsp3) is 0.267. The van der Waals surface area contributed by atoms with Crippen LogP contribution in [0.15, 0.2) is 40.2 Å². The standard InChI is InChI=1S/C15H13BrO2S/c1-15(14(17)18)7-11-12(10(16)8-19-11)13(15)9-5-3-2-4-6-9/h2-6,8,13H,7H2,1H3,(H,17,18)/t13-,15+/m1/s1. The Kier molecular flexibility index (Phi) is 3.02. The minimum atomic E-state index is -0.758. The summed E-state index contributed by atoms with van der Waals surface area (Å²) >= 11 is 5.22. The Morgan fingerprint density at radius 2 is 2.11 bits per heavy atom. The second kappa shape index (κ2) is 4.46. The molecule has 0 aliphatic heterocycles. The molecule has 2 nitrogen and oxygen atoms in total. The van der Waals surface area contributed by atoms with Gasteiger partial charge in [0, 0.05) is 20.6 Å². The van der Waals surface area contributed by atoms with Crippen LogP contribution in [0.5, 0.6) is 0 Å². The van der Waals surface area contributed by atoms with E-state index in [4.69, 9.17) is 0 Å². The van der Waals surface area contributed by atoms with Gasteiger partial charge in [0.05, 0.1) is 5.41 Å². The number of fused-ring (bicyclic) bond motifs is 1. The third-order valence-electron chi connectivity index (χ3n) is 3.94. The zero-order valence-corrected chi connectivity index (χ0v) is 12.8. The maximum atomic E-state index is 11.8. The smallest absolute Gasteiger partial charge is 0.310 e. The lowest BCUT2D eigenvalue weighted by Gasteiger charge is -2.28. The highest BCUT2D eigenvalue weighted by Crippen LogP contribution is 2.55. The molecule has 3 rings (SSSR count). The van der Waals surface area contributed by atoms with Gasteiger partial charge < -0.3 is 5.11 Å². The van der Waals surface area contributed by atoms with Crippen LogP contribution in [-0.2, 0) is 11.2 Å².